The molecule has 2 fully saturated rings. The fraction of sp³-hybridized carbons (Fsp3) is 0.552. The molecule has 2 aromatic carbocycles. The molecule has 0 aromatic heterocycles. The van der Waals surface area contributed by atoms with Crippen LogP contribution < -0.4 is 4.74 Å². The average molecular weight is 512 g/mol. The van der Waals surface area contributed by atoms with Crippen molar-refractivity contribution in [3.8, 4) is 11.5 Å². The number of rotatable bonds is 5. The number of aromatic hydroxyl groups is 1. The van der Waals surface area contributed by atoms with E-state index < -0.39 is 9.84 Å². The van der Waals surface area contributed by atoms with Gasteiger partial charge in [-0.05, 0) is 78.8 Å². The molecule has 0 spiro atoms. The first-order chi connectivity index (χ1) is 17.0. The Labute approximate surface area is 214 Å². The third kappa shape index (κ3) is 3.90. The van der Waals surface area contributed by atoms with Crippen molar-refractivity contribution in [2.24, 2.45) is 17.3 Å². The first-order valence-corrected chi connectivity index (χ1v) is 14.6. The molecule has 4 atom stereocenters. The van der Waals surface area contributed by atoms with Crippen LogP contribution >= 0.6 is 0 Å². The van der Waals surface area contributed by atoms with E-state index in [0.29, 0.717) is 30.9 Å². The second-order valence-electron chi connectivity index (χ2n) is 11.7. The van der Waals surface area contributed by atoms with E-state index in [4.69, 9.17) is 4.74 Å². The number of piperidine rings is 1. The summed E-state index contributed by atoms with van der Waals surface area (Å²) in [7, 11) is -1.94. The SMILES string of the molecule is COc1cccc(S(=O)(=O)CC2CC[C@@H](C(=O)N3CC[C@@]4(C)c5cccc(O)c5C[C@@H]3C4(C)C)C2)c1. The number of hydrogen-bond donors (Lipinski definition) is 1. The van der Waals surface area contributed by atoms with Gasteiger partial charge < -0.3 is 14.7 Å². The van der Waals surface area contributed by atoms with E-state index in [1.807, 2.05) is 6.07 Å². The van der Waals surface area contributed by atoms with Gasteiger partial charge in [-0.2, -0.15) is 0 Å². The van der Waals surface area contributed by atoms with Crippen molar-refractivity contribution in [3.05, 3.63) is 53.6 Å². The Hall–Kier alpha value is -2.54. The number of ether oxygens (including phenoxy) is 1. The van der Waals surface area contributed by atoms with Crippen molar-refractivity contribution in [1.82, 2.24) is 4.90 Å². The number of phenols is 1. The maximum Gasteiger partial charge on any atom is 0.225 e. The van der Waals surface area contributed by atoms with Crippen molar-refractivity contribution >= 4 is 15.7 Å². The van der Waals surface area contributed by atoms with Gasteiger partial charge in [0.15, 0.2) is 9.84 Å². The Bertz CT molecular complexity index is 1290. The first kappa shape index (κ1) is 25.1. The van der Waals surface area contributed by atoms with E-state index in [2.05, 4.69) is 31.7 Å². The van der Waals surface area contributed by atoms with Crippen LogP contribution in [0.25, 0.3) is 0 Å². The van der Waals surface area contributed by atoms with Gasteiger partial charge in [0.1, 0.15) is 11.5 Å². The maximum absolute atomic E-state index is 13.9. The van der Waals surface area contributed by atoms with E-state index in [-0.39, 0.29) is 45.3 Å². The number of likely N-dealkylation sites (tertiary alicyclic amines) is 1. The van der Waals surface area contributed by atoms with Crippen molar-refractivity contribution in [2.75, 3.05) is 19.4 Å². The lowest BCUT2D eigenvalue weighted by atomic mass is 9.51. The molecule has 5 rings (SSSR count). The van der Waals surface area contributed by atoms with Crippen LogP contribution in [-0.2, 0) is 26.5 Å². The lowest BCUT2D eigenvalue weighted by Crippen LogP contribution is -2.65. The predicted molar refractivity (Wildman–Crippen MR) is 139 cm³/mol. The summed E-state index contributed by atoms with van der Waals surface area (Å²) in [6.45, 7) is 7.47. The van der Waals surface area contributed by atoms with E-state index in [1.165, 1.54) is 12.7 Å². The summed E-state index contributed by atoms with van der Waals surface area (Å²) in [6, 6.07) is 12.4. The highest BCUT2D eigenvalue weighted by Gasteiger charge is 2.57. The zero-order chi connectivity index (χ0) is 25.9. The second-order valence-corrected chi connectivity index (χ2v) is 13.7. The lowest BCUT2D eigenvalue weighted by molar-refractivity contribution is -0.148. The Morgan fingerprint density at radius 2 is 1.89 bits per heavy atom. The van der Waals surface area contributed by atoms with Crippen molar-refractivity contribution in [1.29, 1.82) is 0 Å². The molecule has 1 unspecified atom stereocenters. The molecule has 2 aliphatic carbocycles. The maximum atomic E-state index is 13.9. The van der Waals surface area contributed by atoms with Crippen LogP contribution in [0, 0.1) is 17.3 Å². The lowest BCUT2D eigenvalue weighted by Gasteiger charge is -2.61. The summed E-state index contributed by atoms with van der Waals surface area (Å²) in [5, 5.41) is 10.6. The number of fused-ring (bicyclic) bond motifs is 4. The monoisotopic (exact) mass is 511 g/mol. The summed E-state index contributed by atoms with van der Waals surface area (Å²) >= 11 is 0. The second kappa shape index (κ2) is 8.79. The standard InChI is InChI=1S/C29H37NO5S/c1-28(2)26-17-23-24(9-6-10-25(23)31)29(28,3)13-14-30(26)27(32)20-12-11-19(15-20)18-36(33,34)22-8-5-7-21(16-22)35-4/h5-10,16,19-20,26,31H,11-15,17-18H2,1-4H3/t19?,20-,26-,29+/m1/s1. The summed E-state index contributed by atoms with van der Waals surface area (Å²) in [5.41, 5.74) is 1.91. The highest BCUT2D eigenvalue weighted by molar-refractivity contribution is 7.91. The van der Waals surface area contributed by atoms with Crippen LogP contribution in [0.2, 0.25) is 0 Å². The van der Waals surface area contributed by atoms with Crippen LogP contribution in [-0.4, -0.2) is 49.8 Å². The van der Waals surface area contributed by atoms with E-state index in [1.54, 1.807) is 30.3 Å². The van der Waals surface area contributed by atoms with Crippen LogP contribution in [0.15, 0.2) is 47.4 Å². The van der Waals surface area contributed by atoms with Gasteiger partial charge in [0, 0.05) is 23.9 Å². The van der Waals surface area contributed by atoms with Gasteiger partial charge in [-0.1, -0.05) is 39.0 Å². The minimum absolute atomic E-state index is 0.00381. The number of amides is 1. The molecule has 194 valence electrons. The molecule has 0 radical (unpaired) electrons. The van der Waals surface area contributed by atoms with Crippen molar-refractivity contribution in [2.45, 2.75) is 69.2 Å². The normalized spacial score (nSPS) is 29.0. The number of carbonyl (C=O) groups is 1. The van der Waals surface area contributed by atoms with Crippen LogP contribution in [0.3, 0.4) is 0 Å². The van der Waals surface area contributed by atoms with E-state index >= 15 is 0 Å². The molecule has 2 aromatic rings. The molecule has 3 aliphatic rings. The number of benzene rings is 2. The topological polar surface area (TPSA) is 83.9 Å². The van der Waals surface area contributed by atoms with Crippen molar-refractivity contribution in [3.63, 3.8) is 0 Å². The van der Waals surface area contributed by atoms with Gasteiger partial charge in [0.2, 0.25) is 5.91 Å². The fourth-order valence-corrected chi connectivity index (χ4v) is 8.77. The van der Waals surface area contributed by atoms with Crippen LogP contribution in [0.1, 0.15) is 57.6 Å². The molecule has 1 heterocycles. The number of methoxy groups -OCH3 is 1. The summed E-state index contributed by atoms with van der Waals surface area (Å²) in [5.74, 6) is 0.858. The quantitative estimate of drug-likeness (QED) is 0.627. The zero-order valence-corrected chi connectivity index (χ0v) is 22.5. The molecular formula is C29H37NO5S. The average Bonchev–Trinajstić information content (AvgIpc) is 3.29. The number of hydrogen-bond acceptors (Lipinski definition) is 5. The number of sulfone groups is 1. The van der Waals surface area contributed by atoms with Gasteiger partial charge in [0.05, 0.1) is 17.8 Å². The molecule has 1 saturated heterocycles. The van der Waals surface area contributed by atoms with Gasteiger partial charge in [0.25, 0.3) is 0 Å². The summed E-state index contributed by atoms with van der Waals surface area (Å²) in [6.07, 6.45) is 3.56. The molecule has 1 N–H and O–H groups in total. The Morgan fingerprint density at radius 3 is 2.64 bits per heavy atom. The van der Waals surface area contributed by atoms with Crippen LogP contribution in [0.5, 0.6) is 11.5 Å². The highest BCUT2D eigenvalue weighted by atomic mass is 32.2. The number of nitrogens with zero attached hydrogens (tertiary/aromatic N) is 1. The summed E-state index contributed by atoms with van der Waals surface area (Å²) < 4.78 is 31.3. The van der Waals surface area contributed by atoms with Gasteiger partial charge >= 0.3 is 0 Å². The molecular weight excluding hydrogens is 474 g/mol. The smallest absolute Gasteiger partial charge is 0.225 e. The minimum Gasteiger partial charge on any atom is -0.508 e. The van der Waals surface area contributed by atoms with Crippen molar-refractivity contribution < 1.29 is 23.1 Å². The first-order valence-electron chi connectivity index (χ1n) is 13.0. The van der Waals surface area contributed by atoms with E-state index in [0.717, 1.165) is 24.8 Å². The molecule has 1 saturated carbocycles. The zero-order valence-electron chi connectivity index (χ0n) is 21.7. The third-order valence-electron chi connectivity index (χ3n) is 9.66. The van der Waals surface area contributed by atoms with Crippen LogP contribution in [0.4, 0.5) is 0 Å². The predicted octanol–water partition coefficient (Wildman–Crippen LogP) is 4.73. The fourth-order valence-electron chi connectivity index (χ4n) is 7.08. The van der Waals surface area contributed by atoms with Gasteiger partial charge in [-0.15, -0.1) is 0 Å². The Kier molecular flexibility index (Phi) is 6.13. The van der Waals surface area contributed by atoms with E-state index in [9.17, 15) is 18.3 Å². The third-order valence-corrected chi connectivity index (χ3v) is 11.5. The molecule has 2 bridgehead atoms. The largest absolute Gasteiger partial charge is 0.508 e. The number of carbonyl (C=O) groups excluding carboxylic acids is 1. The highest BCUT2D eigenvalue weighted by Crippen LogP contribution is 2.57. The number of phenolic OH excluding ortho intramolecular Hbond substituents is 1. The minimum atomic E-state index is -3.46. The molecule has 7 heteroatoms. The molecule has 1 aliphatic heterocycles. The molecule has 36 heavy (non-hydrogen) atoms. The summed E-state index contributed by atoms with van der Waals surface area (Å²) in [4.78, 5) is 16.2. The van der Waals surface area contributed by atoms with Gasteiger partial charge in [-0.25, -0.2) is 8.42 Å². The van der Waals surface area contributed by atoms with Gasteiger partial charge in [-0.3, -0.25) is 4.79 Å². The Morgan fingerprint density at radius 1 is 1.14 bits per heavy atom. The molecule has 6 nitrogen and oxygen atoms in total. The Balaban J connectivity index is 1.32. The molecule has 1 amide bonds.